The number of carbonyl (C=O) groups is 1. The maximum atomic E-state index is 13.2. The van der Waals surface area contributed by atoms with Gasteiger partial charge in [0.05, 0.1) is 20.1 Å². The molecule has 2 aromatic rings. The van der Waals surface area contributed by atoms with Crippen molar-refractivity contribution in [3.63, 3.8) is 0 Å². The number of amides is 1. The number of benzene rings is 2. The molecule has 2 heterocycles. The first-order chi connectivity index (χ1) is 14.2. The average Bonchev–Trinajstić information content (AvgIpc) is 3.15. The molecular formula is C24H30N2O3. The van der Waals surface area contributed by atoms with Crippen LogP contribution in [0.5, 0.6) is 11.5 Å². The van der Waals surface area contributed by atoms with Crippen molar-refractivity contribution < 1.29 is 14.3 Å². The Balaban J connectivity index is 1.51. The van der Waals surface area contributed by atoms with E-state index in [1.807, 2.05) is 43.3 Å². The first-order valence-electron chi connectivity index (χ1n) is 10.6. The van der Waals surface area contributed by atoms with E-state index in [0.29, 0.717) is 25.0 Å². The Labute approximate surface area is 173 Å². The van der Waals surface area contributed by atoms with E-state index < -0.39 is 0 Å². The van der Waals surface area contributed by atoms with Gasteiger partial charge in [0.25, 0.3) is 0 Å². The molecular weight excluding hydrogens is 364 g/mol. The smallest absolute Gasteiger partial charge is 0.227 e. The first-order valence-corrected chi connectivity index (χ1v) is 10.6. The van der Waals surface area contributed by atoms with Gasteiger partial charge in [-0.1, -0.05) is 24.3 Å². The summed E-state index contributed by atoms with van der Waals surface area (Å²) in [7, 11) is 1.70. The maximum Gasteiger partial charge on any atom is 0.227 e. The molecule has 29 heavy (non-hydrogen) atoms. The van der Waals surface area contributed by atoms with Crippen molar-refractivity contribution in [1.82, 2.24) is 10.2 Å². The molecule has 2 fully saturated rings. The fraction of sp³-hybridized carbons (Fsp3) is 0.458. The lowest BCUT2D eigenvalue weighted by molar-refractivity contribution is -0.131. The number of carbonyl (C=O) groups excluding carboxylic acids is 1. The van der Waals surface area contributed by atoms with Gasteiger partial charge in [-0.05, 0) is 61.7 Å². The van der Waals surface area contributed by atoms with Crippen molar-refractivity contribution in [3.05, 3.63) is 59.7 Å². The highest BCUT2D eigenvalue weighted by Gasteiger charge is 2.45. The predicted octanol–water partition coefficient (Wildman–Crippen LogP) is 3.38. The molecule has 2 aliphatic rings. The number of hydrogen-bond acceptors (Lipinski definition) is 4. The van der Waals surface area contributed by atoms with Crippen LogP contribution in [0.15, 0.2) is 48.5 Å². The summed E-state index contributed by atoms with van der Waals surface area (Å²) in [5, 5.41) is 3.69. The number of fused-ring (bicyclic) bond motifs is 1. The van der Waals surface area contributed by atoms with E-state index in [9.17, 15) is 4.79 Å². The molecule has 0 aromatic heterocycles. The molecule has 154 valence electrons. The summed E-state index contributed by atoms with van der Waals surface area (Å²) in [6.07, 6.45) is 2.60. The molecule has 1 amide bonds. The van der Waals surface area contributed by atoms with Crippen molar-refractivity contribution in [3.8, 4) is 11.5 Å². The molecule has 1 N–H and O–H groups in total. The predicted molar refractivity (Wildman–Crippen MR) is 114 cm³/mol. The van der Waals surface area contributed by atoms with E-state index in [2.05, 4.69) is 22.3 Å². The van der Waals surface area contributed by atoms with Crippen LogP contribution in [0.3, 0.4) is 0 Å². The highest BCUT2D eigenvalue weighted by atomic mass is 16.5. The van der Waals surface area contributed by atoms with Crippen molar-refractivity contribution in [2.45, 2.75) is 44.2 Å². The molecule has 0 aliphatic carbocycles. The van der Waals surface area contributed by atoms with Crippen molar-refractivity contribution in [2.75, 3.05) is 26.8 Å². The average molecular weight is 395 g/mol. The summed E-state index contributed by atoms with van der Waals surface area (Å²) < 4.78 is 10.9. The summed E-state index contributed by atoms with van der Waals surface area (Å²) in [5.74, 6) is 2.21. The number of nitrogens with one attached hydrogen (secondary N) is 1. The summed E-state index contributed by atoms with van der Waals surface area (Å²) in [6, 6.07) is 16.7. The van der Waals surface area contributed by atoms with E-state index in [1.165, 1.54) is 5.56 Å². The van der Waals surface area contributed by atoms with Crippen LogP contribution in [0.2, 0.25) is 0 Å². The van der Waals surface area contributed by atoms with E-state index in [0.717, 1.165) is 43.0 Å². The SMILES string of the molecule is CCOc1ccc(CC(=O)N2C[C@H](c3cccc(OC)c3)[C@H]3NCCC[C@H]32)cc1. The lowest BCUT2D eigenvalue weighted by atomic mass is 9.87. The van der Waals surface area contributed by atoms with Crippen LogP contribution in [-0.4, -0.2) is 49.7 Å². The molecule has 3 atom stereocenters. The minimum absolute atomic E-state index is 0.207. The Morgan fingerprint density at radius 1 is 1.17 bits per heavy atom. The van der Waals surface area contributed by atoms with Gasteiger partial charge in [-0.25, -0.2) is 0 Å². The summed E-state index contributed by atoms with van der Waals surface area (Å²) in [6.45, 7) is 4.39. The Kier molecular flexibility index (Phi) is 6.05. The minimum atomic E-state index is 0.207. The van der Waals surface area contributed by atoms with Crippen LogP contribution >= 0.6 is 0 Å². The molecule has 5 nitrogen and oxygen atoms in total. The molecule has 2 aliphatic heterocycles. The van der Waals surface area contributed by atoms with Crippen molar-refractivity contribution >= 4 is 5.91 Å². The second kappa shape index (κ2) is 8.87. The van der Waals surface area contributed by atoms with E-state index >= 15 is 0 Å². The van der Waals surface area contributed by atoms with Crippen LogP contribution in [0.25, 0.3) is 0 Å². The lowest BCUT2D eigenvalue weighted by Gasteiger charge is -2.33. The van der Waals surface area contributed by atoms with Gasteiger partial charge < -0.3 is 19.7 Å². The maximum absolute atomic E-state index is 13.2. The molecule has 5 heteroatoms. The third-order valence-corrected chi connectivity index (χ3v) is 6.13. The Hall–Kier alpha value is -2.53. The number of nitrogens with zero attached hydrogens (tertiary/aromatic N) is 1. The largest absolute Gasteiger partial charge is 0.497 e. The molecule has 0 bridgehead atoms. The molecule has 2 saturated heterocycles. The van der Waals surface area contributed by atoms with Crippen molar-refractivity contribution in [1.29, 1.82) is 0 Å². The summed E-state index contributed by atoms with van der Waals surface area (Å²) in [4.78, 5) is 15.3. The van der Waals surface area contributed by atoms with Crippen LogP contribution in [-0.2, 0) is 11.2 Å². The van der Waals surface area contributed by atoms with Crippen LogP contribution in [0, 0.1) is 0 Å². The fourth-order valence-corrected chi connectivity index (χ4v) is 4.73. The monoisotopic (exact) mass is 394 g/mol. The topological polar surface area (TPSA) is 50.8 Å². The van der Waals surface area contributed by atoms with E-state index in [-0.39, 0.29) is 11.9 Å². The molecule has 2 aromatic carbocycles. The second-order valence-corrected chi connectivity index (χ2v) is 7.87. The lowest BCUT2D eigenvalue weighted by Crippen LogP contribution is -2.49. The van der Waals surface area contributed by atoms with Gasteiger partial charge >= 0.3 is 0 Å². The minimum Gasteiger partial charge on any atom is -0.497 e. The number of piperidine rings is 1. The third-order valence-electron chi connectivity index (χ3n) is 6.13. The van der Waals surface area contributed by atoms with Gasteiger partial charge in [0, 0.05) is 24.5 Å². The normalized spacial score (nSPS) is 23.5. The summed E-state index contributed by atoms with van der Waals surface area (Å²) in [5.41, 5.74) is 2.27. The van der Waals surface area contributed by atoms with Crippen LogP contribution < -0.4 is 14.8 Å². The molecule has 0 unspecified atom stereocenters. The molecule has 0 spiro atoms. The van der Waals surface area contributed by atoms with E-state index in [4.69, 9.17) is 9.47 Å². The van der Waals surface area contributed by atoms with Gasteiger partial charge in [-0.3, -0.25) is 4.79 Å². The van der Waals surface area contributed by atoms with Gasteiger partial charge in [0.2, 0.25) is 5.91 Å². The Morgan fingerprint density at radius 3 is 2.76 bits per heavy atom. The quantitative estimate of drug-likeness (QED) is 0.816. The highest BCUT2D eigenvalue weighted by Crippen LogP contribution is 2.37. The first kappa shape index (κ1) is 19.8. The number of methoxy groups -OCH3 is 1. The molecule has 4 rings (SSSR count). The second-order valence-electron chi connectivity index (χ2n) is 7.87. The fourth-order valence-electron chi connectivity index (χ4n) is 4.73. The van der Waals surface area contributed by atoms with E-state index in [1.54, 1.807) is 7.11 Å². The Morgan fingerprint density at radius 2 is 2.00 bits per heavy atom. The standard InChI is InChI=1S/C24H30N2O3/c1-3-29-19-11-9-17(10-12-19)14-23(27)26-16-21(24-22(26)8-5-13-25-24)18-6-4-7-20(15-18)28-2/h4,6-7,9-12,15,21-22,24-25H,3,5,8,13-14,16H2,1-2H3/t21-,22-,24-/m1/s1. The molecule has 0 radical (unpaired) electrons. The zero-order valence-electron chi connectivity index (χ0n) is 17.3. The summed E-state index contributed by atoms with van der Waals surface area (Å²) >= 11 is 0. The van der Waals surface area contributed by atoms with Gasteiger partial charge in [0.15, 0.2) is 0 Å². The zero-order chi connectivity index (χ0) is 20.2. The zero-order valence-corrected chi connectivity index (χ0v) is 17.3. The van der Waals surface area contributed by atoms with Crippen molar-refractivity contribution in [2.24, 2.45) is 0 Å². The third kappa shape index (κ3) is 4.25. The number of rotatable bonds is 6. The van der Waals surface area contributed by atoms with Crippen LogP contribution in [0.4, 0.5) is 0 Å². The highest BCUT2D eigenvalue weighted by molar-refractivity contribution is 5.80. The van der Waals surface area contributed by atoms with Gasteiger partial charge in [0.1, 0.15) is 11.5 Å². The van der Waals surface area contributed by atoms with Crippen LogP contribution in [0.1, 0.15) is 36.8 Å². The number of hydrogen-bond donors (Lipinski definition) is 1. The Bertz CT molecular complexity index is 836. The van der Waals surface area contributed by atoms with Gasteiger partial charge in [-0.2, -0.15) is 0 Å². The number of likely N-dealkylation sites (tertiary alicyclic amines) is 1. The number of ether oxygens (including phenoxy) is 2. The molecule has 0 saturated carbocycles. The van der Waals surface area contributed by atoms with Gasteiger partial charge in [-0.15, -0.1) is 0 Å².